The minimum Gasteiger partial charge on any atom is -0.396 e. The number of rotatable bonds is 6. The van der Waals surface area contributed by atoms with Gasteiger partial charge in [-0.1, -0.05) is 20.8 Å². The molecule has 0 atom stereocenters. The second-order valence-electron chi connectivity index (χ2n) is 6.19. The van der Waals surface area contributed by atoms with Crippen molar-refractivity contribution >= 4 is 6.03 Å². The first kappa shape index (κ1) is 14.3. The van der Waals surface area contributed by atoms with Gasteiger partial charge < -0.3 is 15.3 Å². The quantitative estimate of drug-likeness (QED) is 0.746. The Morgan fingerprint density at radius 3 is 2.53 bits per heavy atom. The maximum atomic E-state index is 12.0. The van der Waals surface area contributed by atoms with Gasteiger partial charge in [0.05, 0.1) is 0 Å². The van der Waals surface area contributed by atoms with Crippen LogP contribution < -0.4 is 5.32 Å². The normalized spacial score (nSPS) is 15.8. The highest BCUT2D eigenvalue weighted by Gasteiger charge is 2.24. The molecular formula is C13H26N2O2. The summed E-state index contributed by atoms with van der Waals surface area (Å²) in [5, 5.41) is 11.8. The van der Waals surface area contributed by atoms with Gasteiger partial charge in [-0.2, -0.15) is 0 Å². The van der Waals surface area contributed by atoms with Crippen LogP contribution in [-0.2, 0) is 0 Å². The molecule has 100 valence electrons. The molecule has 1 saturated carbocycles. The van der Waals surface area contributed by atoms with Crippen molar-refractivity contribution in [3.05, 3.63) is 0 Å². The van der Waals surface area contributed by atoms with Gasteiger partial charge in [0.15, 0.2) is 0 Å². The Bertz CT molecular complexity index is 244. The van der Waals surface area contributed by atoms with E-state index in [-0.39, 0.29) is 18.1 Å². The maximum absolute atomic E-state index is 12.0. The number of carbonyl (C=O) groups is 1. The van der Waals surface area contributed by atoms with E-state index in [0.717, 1.165) is 13.1 Å². The summed E-state index contributed by atoms with van der Waals surface area (Å²) in [7, 11) is 0. The highest BCUT2D eigenvalue weighted by molar-refractivity contribution is 5.74. The number of urea groups is 1. The first-order valence-corrected chi connectivity index (χ1v) is 6.56. The van der Waals surface area contributed by atoms with E-state index < -0.39 is 0 Å². The van der Waals surface area contributed by atoms with Crippen LogP contribution in [0.5, 0.6) is 0 Å². The SMILES string of the molecule is CC(C)(C)CN(CCCO)C(=O)NCC1CC1. The molecule has 0 aromatic heterocycles. The summed E-state index contributed by atoms with van der Waals surface area (Å²) in [6, 6.07) is 0.0141. The molecule has 0 saturated heterocycles. The molecule has 4 nitrogen and oxygen atoms in total. The minimum atomic E-state index is 0.0141. The molecule has 0 spiro atoms. The average molecular weight is 242 g/mol. The molecule has 1 aliphatic rings. The molecule has 2 N–H and O–H groups in total. The first-order chi connectivity index (χ1) is 7.92. The van der Waals surface area contributed by atoms with Crippen molar-refractivity contribution in [2.75, 3.05) is 26.2 Å². The van der Waals surface area contributed by atoms with E-state index in [4.69, 9.17) is 5.11 Å². The van der Waals surface area contributed by atoms with Crippen molar-refractivity contribution < 1.29 is 9.90 Å². The summed E-state index contributed by atoms with van der Waals surface area (Å²) in [5.41, 5.74) is 0.0897. The Balaban J connectivity index is 2.38. The fraction of sp³-hybridized carbons (Fsp3) is 0.923. The van der Waals surface area contributed by atoms with Gasteiger partial charge in [-0.3, -0.25) is 0 Å². The lowest BCUT2D eigenvalue weighted by Gasteiger charge is -2.30. The topological polar surface area (TPSA) is 52.6 Å². The molecule has 1 aliphatic carbocycles. The van der Waals surface area contributed by atoms with E-state index in [0.29, 0.717) is 18.9 Å². The first-order valence-electron chi connectivity index (χ1n) is 6.56. The van der Waals surface area contributed by atoms with E-state index in [1.54, 1.807) is 0 Å². The fourth-order valence-corrected chi connectivity index (χ4v) is 1.75. The minimum absolute atomic E-state index is 0.0141. The number of amides is 2. The standard InChI is InChI=1S/C13H26N2O2/c1-13(2,3)10-15(7-4-8-16)12(17)14-9-11-5-6-11/h11,16H,4-10H2,1-3H3,(H,14,17). The lowest BCUT2D eigenvalue weighted by Crippen LogP contribution is -2.45. The molecule has 0 bridgehead atoms. The van der Waals surface area contributed by atoms with E-state index in [2.05, 4.69) is 26.1 Å². The summed E-state index contributed by atoms with van der Waals surface area (Å²) in [6.45, 7) is 8.65. The molecule has 0 radical (unpaired) electrons. The number of aliphatic hydroxyl groups is 1. The smallest absolute Gasteiger partial charge is 0.317 e. The zero-order valence-electron chi connectivity index (χ0n) is 11.3. The van der Waals surface area contributed by atoms with Crippen molar-refractivity contribution in [3.8, 4) is 0 Å². The molecule has 1 rings (SSSR count). The third-order valence-corrected chi connectivity index (χ3v) is 2.78. The van der Waals surface area contributed by atoms with E-state index in [1.165, 1.54) is 12.8 Å². The Morgan fingerprint density at radius 1 is 1.41 bits per heavy atom. The van der Waals surface area contributed by atoms with Crippen molar-refractivity contribution in [2.45, 2.75) is 40.0 Å². The molecule has 4 heteroatoms. The Labute approximate surface area is 104 Å². The highest BCUT2D eigenvalue weighted by Crippen LogP contribution is 2.27. The number of nitrogens with one attached hydrogen (secondary N) is 1. The summed E-state index contributed by atoms with van der Waals surface area (Å²) < 4.78 is 0. The van der Waals surface area contributed by atoms with Gasteiger partial charge in [-0.15, -0.1) is 0 Å². The van der Waals surface area contributed by atoms with Crippen LogP contribution in [0.4, 0.5) is 4.79 Å². The number of hydrogen-bond donors (Lipinski definition) is 2. The van der Waals surface area contributed by atoms with Crippen molar-refractivity contribution in [1.82, 2.24) is 10.2 Å². The summed E-state index contributed by atoms with van der Waals surface area (Å²) in [5.74, 6) is 0.702. The third kappa shape index (κ3) is 6.51. The highest BCUT2D eigenvalue weighted by atomic mass is 16.3. The van der Waals surface area contributed by atoms with Gasteiger partial charge in [0, 0.05) is 26.2 Å². The molecular weight excluding hydrogens is 216 g/mol. The Hall–Kier alpha value is -0.770. The van der Waals surface area contributed by atoms with Gasteiger partial charge in [-0.05, 0) is 30.6 Å². The lowest BCUT2D eigenvalue weighted by atomic mass is 9.96. The van der Waals surface area contributed by atoms with Crippen molar-refractivity contribution in [3.63, 3.8) is 0 Å². The predicted octanol–water partition coefficient (Wildman–Crippen LogP) is 1.84. The fourth-order valence-electron chi connectivity index (χ4n) is 1.75. The van der Waals surface area contributed by atoms with Crippen LogP contribution >= 0.6 is 0 Å². The largest absolute Gasteiger partial charge is 0.396 e. The molecule has 0 aromatic rings. The molecule has 0 heterocycles. The van der Waals surface area contributed by atoms with Crippen molar-refractivity contribution in [1.29, 1.82) is 0 Å². The Morgan fingerprint density at radius 2 is 2.06 bits per heavy atom. The second kappa shape index (κ2) is 6.24. The van der Waals surface area contributed by atoms with Crippen molar-refractivity contribution in [2.24, 2.45) is 11.3 Å². The number of nitrogens with zero attached hydrogens (tertiary/aromatic N) is 1. The molecule has 2 amide bonds. The summed E-state index contributed by atoms with van der Waals surface area (Å²) >= 11 is 0. The monoisotopic (exact) mass is 242 g/mol. The van der Waals surface area contributed by atoms with Crippen LogP contribution in [0, 0.1) is 11.3 Å². The zero-order valence-corrected chi connectivity index (χ0v) is 11.3. The van der Waals surface area contributed by atoms with Crippen LogP contribution in [0.1, 0.15) is 40.0 Å². The summed E-state index contributed by atoms with van der Waals surface area (Å²) in [4.78, 5) is 13.8. The van der Waals surface area contributed by atoms with Crippen LogP contribution in [-0.4, -0.2) is 42.3 Å². The van der Waals surface area contributed by atoms with Crippen LogP contribution in [0.15, 0.2) is 0 Å². The van der Waals surface area contributed by atoms with E-state index in [9.17, 15) is 4.79 Å². The number of hydrogen-bond acceptors (Lipinski definition) is 2. The molecule has 17 heavy (non-hydrogen) atoms. The lowest BCUT2D eigenvalue weighted by molar-refractivity contribution is 0.164. The third-order valence-electron chi connectivity index (χ3n) is 2.78. The molecule has 0 unspecified atom stereocenters. The van der Waals surface area contributed by atoms with Gasteiger partial charge in [0.25, 0.3) is 0 Å². The van der Waals surface area contributed by atoms with Crippen LogP contribution in [0.3, 0.4) is 0 Å². The van der Waals surface area contributed by atoms with Gasteiger partial charge >= 0.3 is 6.03 Å². The Kier molecular flexibility index (Phi) is 5.25. The van der Waals surface area contributed by atoms with Gasteiger partial charge in [0.1, 0.15) is 0 Å². The maximum Gasteiger partial charge on any atom is 0.317 e. The van der Waals surface area contributed by atoms with E-state index in [1.807, 2.05) is 4.90 Å². The van der Waals surface area contributed by atoms with Gasteiger partial charge in [0.2, 0.25) is 0 Å². The summed E-state index contributed by atoms with van der Waals surface area (Å²) in [6.07, 6.45) is 3.14. The van der Waals surface area contributed by atoms with Crippen LogP contribution in [0.25, 0.3) is 0 Å². The van der Waals surface area contributed by atoms with E-state index >= 15 is 0 Å². The van der Waals surface area contributed by atoms with Gasteiger partial charge in [-0.25, -0.2) is 4.79 Å². The van der Waals surface area contributed by atoms with Crippen LogP contribution in [0.2, 0.25) is 0 Å². The number of aliphatic hydroxyl groups excluding tert-OH is 1. The zero-order chi connectivity index (χ0) is 12.9. The predicted molar refractivity (Wildman–Crippen MR) is 68.9 cm³/mol. The number of carbonyl (C=O) groups excluding carboxylic acids is 1. The molecule has 0 aliphatic heterocycles. The second-order valence-corrected chi connectivity index (χ2v) is 6.19. The molecule has 0 aromatic carbocycles. The molecule has 1 fully saturated rings. The average Bonchev–Trinajstić information content (AvgIpc) is 3.02.